The summed E-state index contributed by atoms with van der Waals surface area (Å²) in [6.45, 7) is 1.55. The highest BCUT2D eigenvalue weighted by Crippen LogP contribution is 2.42. The van der Waals surface area contributed by atoms with Crippen molar-refractivity contribution in [3.05, 3.63) is 69.8 Å². The van der Waals surface area contributed by atoms with E-state index >= 15 is 0 Å². The van der Waals surface area contributed by atoms with Gasteiger partial charge in [0.25, 0.3) is 0 Å². The smallest absolute Gasteiger partial charge is 0.392 e. The van der Waals surface area contributed by atoms with Gasteiger partial charge in [-0.2, -0.15) is 26.3 Å². The minimum absolute atomic E-state index is 0.0889. The number of aryl methyl sites for hydroxylation is 4. The van der Waals surface area contributed by atoms with Gasteiger partial charge in [-0.1, -0.05) is 43.3 Å². The Bertz CT molecular complexity index is 910. The number of rotatable bonds is 11. The maximum absolute atomic E-state index is 12.8. The Morgan fingerprint density at radius 2 is 1.21 bits per heavy atom. The van der Waals surface area contributed by atoms with Gasteiger partial charge in [0, 0.05) is 0 Å². The number of hydrogen-bond acceptors (Lipinski definition) is 3. The molecule has 0 aliphatic rings. The highest BCUT2D eigenvalue weighted by atomic mass is 19.4. The van der Waals surface area contributed by atoms with Gasteiger partial charge in [-0.15, -0.1) is 0 Å². The summed E-state index contributed by atoms with van der Waals surface area (Å²) < 4.78 is 76.9. The van der Waals surface area contributed by atoms with Gasteiger partial charge in [-0.25, -0.2) is 0 Å². The molecule has 0 aliphatic carbocycles. The van der Waals surface area contributed by atoms with Crippen molar-refractivity contribution in [3.63, 3.8) is 0 Å². The molecule has 2 rings (SSSR count). The SMILES string of the molecule is CCc1cc(CCCc2ccc(CO)c(CO)c2)ccc1CCC(O)C(C(F)(F)F)C(F)(F)F. The zero-order valence-electron chi connectivity index (χ0n) is 18.9. The van der Waals surface area contributed by atoms with Crippen molar-refractivity contribution >= 4 is 0 Å². The first-order chi connectivity index (χ1) is 15.9. The molecule has 9 heteroatoms. The molecule has 1 atom stereocenters. The van der Waals surface area contributed by atoms with E-state index in [0.29, 0.717) is 23.1 Å². The first kappa shape index (κ1) is 28.1. The summed E-state index contributed by atoms with van der Waals surface area (Å²) in [5, 5.41) is 28.4. The summed E-state index contributed by atoms with van der Waals surface area (Å²) in [6.07, 6.45) is -11.6. The molecule has 3 N–H and O–H groups in total. The third-order valence-corrected chi connectivity index (χ3v) is 5.99. The molecule has 34 heavy (non-hydrogen) atoms. The van der Waals surface area contributed by atoms with E-state index in [9.17, 15) is 41.7 Å². The van der Waals surface area contributed by atoms with Crippen LogP contribution in [0.2, 0.25) is 0 Å². The van der Waals surface area contributed by atoms with Crippen molar-refractivity contribution in [2.45, 2.75) is 77.1 Å². The van der Waals surface area contributed by atoms with Gasteiger partial charge < -0.3 is 15.3 Å². The van der Waals surface area contributed by atoms with Crippen molar-refractivity contribution in [3.8, 4) is 0 Å². The maximum Gasteiger partial charge on any atom is 0.403 e. The second kappa shape index (κ2) is 12.0. The van der Waals surface area contributed by atoms with Crippen LogP contribution in [0.15, 0.2) is 36.4 Å². The minimum atomic E-state index is -5.56. The number of halogens is 6. The fraction of sp³-hybridized carbons (Fsp3) is 0.520. The predicted octanol–water partition coefficient (Wildman–Crippen LogP) is 5.44. The third kappa shape index (κ3) is 7.71. The molecule has 0 aromatic heterocycles. The van der Waals surface area contributed by atoms with Crippen molar-refractivity contribution in [1.82, 2.24) is 0 Å². The summed E-state index contributed by atoms with van der Waals surface area (Å²) >= 11 is 0. The average Bonchev–Trinajstić information content (AvgIpc) is 2.75. The van der Waals surface area contributed by atoms with Crippen LogP contribution in [0.1, 0.15) is 53.1 Å². The van der Waals surface area contributed by atoms with Crippen LogP contribution in [0, 0.1) is 5.92 Å². The van der Waals surface area contributed by atoms with Gasteiger partial charge in [0.05, 0.1) is 19.3 Å². The molecule has 0 radical (unpaired) electrons. The van der Waals surface area contributed by atoms with Crippen LogP contribution in [-0.2, 0) is 38.9 Å². The Hall–Kier alpha value is -2.10. The van der Waals surface area contributed by atoms with Crippen molar-refractivity contribution < 1.29 is 41.7 Å². The van der Waals surface area contributed by atoms with Crippen LogP contribution >= 0.6 is 0 Å². The van der Waals surface area contributed by atoms with E-state index in [1.165, 1.54) is 0 Å². The van der Waals surface area contributed by atoms with Gasteiger partial charge in [-0.3, -0.25) is 0 Å². The molecule has 0 saturated heterocycles. The summed E-state index contributed by atoms with van der Waals surface area (Å²) in [6, 6.07) is 10.9. The molecule has 0 aliphatic heterocycles. The molecule has 2 aromatic carbocycles. The molecule has 0 spiro atoms. The van der Waals surface area contributed by atoms with Crippen molar-refractivity contribution in [2.24, 2.45) is 5.92 Å². The molecule has 3 nitrogen and oxygen atoms in total. The second-order valence-corrected chi connectivity index (χ2v) is 8.40. The molecule has 0 heterocycles. The molecule has 0 amide bonds. The second-order valence-electron chi connectivity index (χ2n) is 8.40. The third-order valence-electron chi connectivity index (χ3n) is 5.99. The fourth-order valence-electron chi connectivity index (χ4n) is 4.13. The van der Waals surface area contributed by atoms with E-state index in [1.807, 2.05) is 25.1 Å². The Balaban J connectivity index is 2.00. The van der Waals surface area contributed by atoms with Crippen LogP contribution in [0.3, 0.4) is 0 Å². The van der Waals surface area contributed by atoms with E-state index in [4.69, 9.17) is 0 Å². The maximum atomic E-state index is 12.8. The van der Waals surface area contributed by atoms with Crippen LogP contribution in [0.25, 0.3) is 0 Å². The summed E-state index contributed by atoms with van der Waals surface area (Å²) in [5.41, 5.74) is 4.83. The normalized spacial score (nSPS) is 13.5. The van der Waals surface area contributed by atoms with Gasteiger partial charge in [0.2, 0.25) is 0 Å². The molecule has 190 valence electrons. The fourth-order valence-corrected chi connectivity index (χ4v) is 4.13. The van der Waals surface area contributed by atoms with Crippen molar-refractivity contribution in [1.29, 1.82) is 0 Å². The van der Waals surface area contributed by atoms with E-state index in [1.54, 1.807) is 18.2 Å². The van der Waals surface area contributed by atoms with Gasteiger partial charge >= 0.3 is 12.4 Å². The molecular weight excluding hydrogens is 462 g/mol. The van der Waals surface area contributed by atoms with Crippen LogP contribution in [0.4, 0.5) is 26.3 Å². The summed E-state index contributed by atoms with van der Waals surface area (Å²) in [7, 11) is 0. The number of aliphatic hydroxyl groups is 3. The molecule has 1 unspecified atom stereocenters. The summed E-state index contributed by atoms with van der Waals surface area (Å²) in [4.78, 5) is 0. The zero-order valence-corrected chi connectivity index (χ0v) is 18.9. The topological polar surface area (TPSA) is 60.7 Å². The molecule has 2 aromatic rings. The zero-order chi connectivity index (χ0) is 25.5. The summed E-state index contributed by atoms with van der Waals surface area (Å²) in [5.74, 6) is -3.76. The Morgan fingerprint density at radius 3 is 1.68 bits per heavy atom. The van der Waals surface area contributed by atoms with E-state index in [2.05, 4.69) is 0 Å². The van der Waals surface area contributed by atoms with E-state index in [0.717, 1.165) is 36.0 Å². The molecule has 0 bridgehead atoms. The predicted molar refractivity (Wildman–Crippen MR) is 116 cm³/mol. The lowest BCUT2D eigenvalue weighted by Gasteiger charge is -2.27. The Morgan fingerprint density at radius 1 is 0.706 bits per heavy atom. The molecular formula is C25H30F6O3. The van der Waals surface area contributed by atoms with Gasteiger partial charge in [-0.05, 0) is 71.9 Å². The lowest BCUT2D eigenvalue weighted by Crippen LogP contribution is -2.45. The number of benzene rings is 2. The van der Waals surface area contributed by atoms with Gasteiger partial charge in [0.1, 0.15) is 0 Å². The average molecular weight is 493 g/mol. The van der Waals surface area contributed by atoms with Crippen LogP contribution in [-0.4, -0.2) is 33.8 Å². The van der Waals surface area contributed by atoms with Crippen LogP contribution < -0.4 is 0 Å². The highest BCUT2D eigenvalue weighted by Gasteiger charge is 2.59. The Kier molecular flexibility index (Phi) is 9.96. The number of alkyl halides is 6. The number of hydrogen-bond donors (Lipinski definition) is 3. The lowest BCUT2D eigenvalue weighted by molar-refractivity contribution is -0.306. The van der Waals surface area contributed by atoms with E-state index < -0.39 is 30.8 Å². The molecule has 0 fully saturated rings. The molecule has 0 saturated carbocycles. The van der Waals surface area contributed by atoms with Crippen molar-refractivity contribution in [2.75, 3.05) is 0 Å². The largest absolute Gasteiger partial charge is 0.403 e. The monoisotopic (exact) mass is 492 g/mol. The van der Waals surface area contributed by atoms with Gasteiger partial charge in [0.15, 0.2) is 5.92 Å². The first-order valence-corrected chi connectivity index (χ1v) is 11.1. The van der Waals surface area contributed by atoms with E-state index in [-0.39, 0.29) is 19.6 Å². The first-order valence-electron chi connectivity index (χ1n) is 11.1. The lowest BCUT2D eigenvalue weighted by atomic mass is 9.91. The van der Waals surface area contributed by atoms with Crippen LogP contribution in [0.5, 0.6) is 0 Å². The highest BCUT2D eigenvalue weighted by molar-refractivity contribution is 5.33. The minimum Gasteiger partial charge on any atom is -0.392 e. The Labute approximate surface area is 195 Å². The number of aliphatic hydroxyl groups excluding tert-OH is 3. The standard InChI is InChI=1S/C25H30F6O3/c1-2-18-12-16(4-3-5-17-7-9-20(14-32)21(13-17)15-33)6-8-19(18)10-11-22(34)23(24(26,27)28)25(29,30)31/h6-9,12-13,22-23,32-34H,2-5,10-11,14-15H2,1H3. The quantitative estimate of drug-likeness (QED) is 0.366.